The lowest BCUT2D eigenvalue weighted by Crippen LogP contribution is -2.01. The number of benzene rings is 1. The molecule has 2 heterocycles. The Labute approximate surface area is 130 Å². The van der Waals surface area contributed by atoms with Crippen LogP contribution < -0.4 is 4.74 Å². The van der Waals surface area contributed by atoms with Gasteiger partial charge in [-0.2, -0.15) is 0 Å². The monoisotopic (exact) mass is 324 g/mol. The van der Waals surface area contributed by atoms with E-state index in [4.69, 9.17) is 16.3 Å². The Hall–Kier alpha value is -1.07. The Morgan fingerprint density at radius 1 is 1.25 bits per heavy atom. The highest BCUT2D eigenvalue weighted by Crippen LogP contribution is 2.35. The van der Waals surface area contributed by atoms with Gasteiger partial charge in [0.1, 0.15) is 5.75 Å². The number of methoxy groups -OCH3 is 1. The molecule has 0 amide bonds. The number of hydrogen-bond acceptors (Lipinski definition) is 4. The van der Waals surface area contributed by atoms with Crippen molar-refractivity contribution in [2.24, 2.45) is 0 Å². The zero-order valence-corrected chi connectivity index (χ0v) is 13.2. The molecule has 0 aliphatic carbocycles. The summed E-state index contributed by atoms with van der Waals surface area (Å²) >= 11 is 9.35. The lowest BCUT2D eigenvalue weighted by Gasteiger charge is -2.12. The van der Waals surface area contributed by atoms with Crippen molar-refractivity contribution in [3.8, 4) is 5.75 Å². The molecule has 1 aromatic carbocycles. The summed E-state index contributed by atoms with van der Waals surface area (Å²) in [4.78, 5) is 0.980. The van der Waals surface area contributed by atoms with Crippen molar-refractivity contribution in [2.75, 3.05) is 7.11 Å². The summed E-state index contributed by atoms with van der Waals surface area (Å²) in [5, 5.41) is 13.1. The van der Waals surface area contributed by atoms with Gasteiger partial charge in [-0.3, -0.25) is 0 Å². The van der Waals surface area contributed by atoms with Crippen molar-refractivity contribution in [3.05, 3.63) is 51.2 Å². The van der Waals surface area contributed by atoms with Crippen LogP contribution in [-0.4, -0.2) is 12.2 Å². The summed E-state index contributed by atoms with van der Waals surface area (Å²) < 4.78 is 7.77. The first-order chi connectivity index (χ1) is 9.67. The van der Waals surface area contributed by atoms with Crippen LogP contribution in [0.2, 0.25) is 5.02 Å². The average Bonchev–Trinajstić information content (AvgIpc) is 2.99. The first-order valence-corrected chi connectivity index (χ1v) is 8.22. The predicted octanol–water partition coefficient (Wildman–Crippen LogP) is 4.90. The molecule has 1 atom stereocenters. The average molecular weight is 325 g/mol. The zero-order valence-electron chi connectivity index (χ0n) is 10.8. The van der Waals surface area contributed by atoms with Gasteiger partial charge in [-0.15, -0.1) is 22.7 Å². The molecule has 104 valence electrons. The third-order valence-corrected chi connectivity index (χ3v) is 5.57. The van der Waals surface area contributed by atoms with Crippen LogP contribution in [0.3, 0.4) is 0 Å². The van der Waals surface area contributed by atoms with Crippen LogP contribution in [0.25, 0.3) is 9.40 Å². The maximum absolute atomic E-state index is 10.4. The first-order valence-electron chi connectivity index (χ1n) is 6.15. The van der Waals surface area contributed by atoms with Gasteiger partial charge >= 0.3 is 0 Å². The molecule has 1 N–H and O–H groups in total. The molecule has 5 heteroatoms. The van der Waals surface area contributed by atoms with Crippen LogP contribution in [0.4, 0.5) is 0 Å². The van der Waals surface area contributed by atoms with Crippen LogP contribution in [-0.2, 0) is 6.42 Å². The lowest BCUT2D eigenvalue weighted by atomic mass is 10.1. The summed E-state index contributed by atoms with van der Waals surface area (Å²) in [5.41, 5.74) is 0.921. The van der Waals surface area contributed by atoms with Crippen molar-refractivity contribution in [1.82, 2.24) is 0 Å². The van der Waals surface area contributed by atoms with Crippen LogP contribution in [0.1, 0.15) is 16.5 Å². The molecule has 3 rings (SSSR count). The molecule has 0 saturated heterocycles. The standard InChI is InChI=1S/C15H13ClO2S2/c1-18-12-3-2-10(16)6-9(12)7-11(17)14-8-15-13(20-14)4-5-19-15/h2-6,8,11,17H,7H2,1H3. The van der Waals surface area contributed by atoms with Gasteiger partial charge in [-0.05, 0) is 41.3 Å². The van der Waals surface area contributed by atoms with Crippen LogP contribution in [0.15, 0.2) is 35.7 Å². The van der Waals surface area contributed by atoms with Crippen LogP contribution in [0.5, 0.6) is 5.75 Å². The summed E-state index contributed by atoms with van der Waals surface area (Å²) in [6.45, 7) is 0. The molecule has 0 saturated carbocycles. The molecule has 3 aromatic rings. The molecule has 0 radical (unpaired) electrons. The summed E-state index contributed by atoms with van der Waals surface area (Å²) in [7, 11) is 1.63. The maximum atomic E-state index is 10.4. The van der Waals surface area contributed by atoms with Gasteiger partial charge in [0.05, 0.1) is 13.2 Å². The minimum absolute atomic E-state index is 0.498. The number of aliphatic hydroxyl groups is 1. The Morgan fingerprint density at radius 3 is 2.85 bits per heavy atom. The number of thiophene rings is 2. The van der Waals surface area contributed by atoms with E-state index in [1.165, 1.54) is 9.40 Å². The molecule has 0 fully saturated rings. The molecule has 0 aliphatic heterocycles. The highest BCUT2D eigenvalue weighted by atomic mass is 35.5. The number of aliphatic hydroxyl groups excluding tert-OH is 1. The third-order valence-electron chi connectivity index (χ3n) is 3.14. The number of hydrogen-bond donors (Lipinski definition) is 1. The fourth-order valence-corrected chi connectivity index (χ4v) is 4.46. The fraction of sp³-hybridized carbons (Fsp3) is 0.200. The number of halogens is 1. The third kappa shape index (κ3) is 2.69. The summed E-state index contributed by atoms with van der Waals surface area (Å²) in [6, 6.07) is 9.61. The lowest BCUT2D eigenvalue weighted by molar-refractivity contribution is 0.181. The fourth-order valence-electron chi connectivity index (χ4n) is 2.16. The van der Waals surface area contributed by atoms with E-state index in [0.717, 1.165) is 16.2 Å². The first kappa shape index (κ1) is 13.9. The van der Waals surface area contributed by atoms with Crippen molar-refractivity contribution in [3.63, 3.8) is 0 Å². The highest BCUT2D eigenvalue weighted by Gasteiger charge is 2.15. The minimum Gasteiger partial charge on any atom is -0.496 e. The second kappa shape index (κ2) is 5.74. The van der Waals surface area contributed by atoms with Gasteiger partial charge in [-0.1, -0.05) is 11.6 Å². The minimum atomic E-state index is -0.535. The Balaban J connectivity index is 1.86. The van der Waals surface area contributed by atoms with Gasteiger partial charge in [0.15, 0.2) is 0 Å². The molecule has 2 nitrogen and oxygen atoms in total. The predicted molar refractivity (Wildman–Crippen MR) is 86.4 cm³/mol. The van der Waals surface area contributed by atoms with E-state index in [9.17, 15) is 5.11 Å². The molecule has 0 aliphatic rings. The molecule has 0 bridgehead atoms. The molecule has 0 spiro atoms. The Kier molecular flexibility index (Phi) is 3.98. The van der Waals surface area contributed by atoms with Crippen molar-refractivity contribution < 1.29 is 9.84 Å². The second-order valence-electron chi connectivity index (χ2n) is 4.47. The van der Waals surface area contributed by atoms with Gasteiger partial charge in [-0.25, -0.2) is 0 Å². The van der Waals surface area contributed by atoms with Crippen molar-refractivity contribution >= 4 is 43.7 Å². The SMILES string of the molecule is COc1ccc(Cl)cc1CC(O)c1cc2sccc2s1. The van der Waals surface area contributed by atoms with E-state index in [-0.39, 0.29) is 0 Å². The maximum Gasteiger partial charge on any atom is 0.122 e. The van der Waals surface area contributed by atoms with Crippen molar-refractivity contribution in [2.45, 2.75) is 12.5 Å². The van der Waals surface area contributed by atoms with Crippen molar-refractivity contribution in [1.29, 1.82) is 0 Å². The smallest absolute Gasteiger partial charge is 0.122 e. The second-order valence-corrected chi connectivity index (χ2v) is 6.97. The summed E-state index contributed by atoms with van der Waals surface area (Å²) in [5.74, 6) is 0.756. The molecular formula is C15H13ClO2S2. The Bertz CT molecular complexity index is 704. The zero-order chi connectivity index (χ0) is 14.1. The molecule has 20 heavy (non-hydrogen) atoms. The quantitative estimate of drug-likeness (QED) is 0.739. The van der Waals surface area contributed by atoms with Gasteiger partial charge < -0.3 is 9.84 Å². The number of rotatable bonds is 4. The van der Waals surface area contributed by atoms with E-state index in [1.807, 2.05) is 12.1 Å². The molecule has 1 unspecified atom stereocenters. The van der Waals surface area contributed by atoms with E-state index in [2.05, 4.69) is 17.5 Å². The van der Waals surface area contributed by atoms with Crippen LogP contribution >= 0.6 is 34.3 Å². The summed E-state index contributed by atoms with van der Waals surface area (Å²) in [6.07, 6.45) is -0.0377. The number of fused-ring (bicyclic) bond motifs is 1. The van der Waals surface area contributed by atoms with E-state index >= 15 is 0 Å². The van der Waals surface area contributed by atoms with E-state index in [0.29, 0.717) is 11.4 Å². The topological polar surface area (TPSA) is 29.5 Å². The van der Waals surface area contributed by atoms with E-state index in [1.54, 1.807) is 35.8 Å². The largest absolute Gasteiger partial charge is 0.496 e. The normalized spacial score (nSPS) is 12.8. The number of ether oxygens (including phenoxy) is 1. The Morgan fingerprint density at radius 2 is 2.10 bits per heavy atom. The van der Waals surface area contributed by atoms with Crippen LogP contribution in [0, 0.1) is 0 Å². The molecule has 2 aromatic heterocycles. The van der Waals surface area contributed by atoms with Gasteiger partial charge in [0.25, 0.3) is 0 Å². The molecular weight excluding hydrogens is 312 g/mol. The van der Waals surface area contributed by atoms with Gasteiger partial charge in [0, 0.05) is 25.7 Å². The van der Waals surface area contributed by atoms with Gasteiger partial charge in [0.2, 0.25) is 0 Å². The highest BCUT2D eigenvalue weighted by molar-refractivity contribution is 7.26. The van der Waals surface area contributed by atoms with E-state index < -0.39 is 6.10 Å².